The minimum atomic E-state index is -0.333. The Labute approximate surface area is 115 Å². The van der Waals surface area contributed by atoms with Gasteiger partial charge in [-0.15, -0.1) is 0 Å². The van der Waals surface area contributed by atoms with Crippen LogP contribution in [0.15, 0.2) is 11.5 Å². The van der Waals surface area contributed by atoms with Gasteiger partial charge in [0.25, 0.3) is 0 Å². The van der Waals surface area contributed by atoms with Crippen molar-refractivity contribution in [1.29, 1.82) is 0 Å². The summed E-state index contributed by atoms with van der Waals surface area (Å²) in [6.07, 6.45) is 3.58. The fourth-order valence-electron chi connectivity index (χ4n) is 2.37. The molecule has 1 aliphatic carbocycles. The van der Waals surface area contributed by atoms with E-state index in [0.717, 1.165) is 18.3 Å². The zero-order chi connectivity index (χ0) is 14.3. The van der Waals surface area contributed by atoms with Crippen LogP contribution in [0.4, 0.5) is 0 Å². The van der Waals surface area contributed by atoms with Crippen molar-refractivity contribution in [3.8, 4) is 0 Å². The highest BCUT2D eigenvalue weighted by molar-refractivity contribution is 6.54. The van der Waals surface area contributed by atoms with Gasteiger partial charge in [0.2, 0.25) is 0 Å². The van der Waals surface area contributed by atoms with Crippen LogP contribution in [0.2, 0.25) is 0 Å². The largest absolute Gasteiger partial charge is 0.490 e. The van der Waals surface area contributed by atoms with Crippen LogP contribution in [-0.2, 0) is 18.8 Å². The van der Waals surface area contributed by atoms with Crippen molar-refractivity contribution in [2.75, 3.05) is 6.61 Å². The third-order valence-corrected chi connectivity index (χ3v) is 4.30. The quantitative estimate of drug-likeness (QED) is 0.581. The lowest BCUT2D eigenvalue weighted by molar-refractivity contribution is -0.146. The fraction of sp³-hybridized carbons (Fsp3) is 0.786. The Kier molecular flexibility index (Phi) is 3.80. The number of hydrogen-bond donors (Lipinski definition) is 0. The van der Waals surface area contributed by atoms with E-state index in [9.17, 15) is 4.79 Å². The van der Waals surface area contributed by atoms with E-state index < -0.39 is 0 Å². The Balaban J connectivity index is 2.05. The molecule has 5 heteroatoms. The lowest BCUT2D eigenvalue weighted by Gasteiger charge is -2.32. The Morgan fingerprint density at radius 2 is 1.95 bits per heavy atom. The van der Waals surface area contributed by atoms with Crippen molar-refractivity contribution in [2.45, 2.75) is 58.7 Å². The van der Waals surface area contributed by atoms with Gasteiger partial charge in [-0.2, -0.15) is 0 Å². The molecular weight excluding hydrogens is 243 g/mol. The van der Waals surface area contributed by atoms with Crippen LogP contribution < -0.4 is 0 Å². The molecule has 19 heavy (non-hydrogen) atoms. The highest BCUT2D eigenvalue weighted by atomic mass is 16.7. The number of carbonyl (C=O) groups is 1. The Bertz CT molecular complexity index is 384. The van der Waals surface area contributed by atoms with Crippen molar-refractivity contribution in [3.63, 3.8) is 0 Å². The molecule has 2 aliphatic rings. The van der Waals surface area contributed by atoms with Crippen LogP contribution in [-0.4, -0.2) is 30.9 Å². The molecule has 1 fully saturated rings. The van der Waals surface area contributed by atoms with Gasteiger partial charge in [0.15, 0.2) is 0 Å². The van der Waals surface area contributed by atoms with Gasteiger partial charge in [-0.1, -0.05) is 6.08 Å². The van der Waals surface area contributed by atoms with Gasteiger partial charge in [0, 0.05) is 0 Å². The number of ether oxygens (including phenoxy) is 1. The molecule has 0 saturated carbocycles. The molecule has 2 rings (SSSR count). The van der Waals surface area contributed by atoms with Crippen molar-refractivity contribution >= 4 is 13.1 Å². The zero-order valence-electron chi connectivity index (χ0n) is 12.5. The van der Waals surface area contributed by atoms with E-state index in [2.05, 4.69) is 0 Å². The van der Waals surface area contributed by atoms with E-state index in [1.807, 2.05) is 40.7 Å². The maximum Gasteiger partial charge on any atom is 0.490 e. The summed E-state index contributed by atoms with van der Waals surface area (Å²) in [5.41, 5.74) is 0.401. The fourth-order valence-corrected chi connectivity index (χ4v) is 2.37. The van der Waals surface area contributed by atoms with Gasteiger partial charge in [-0.3, -0.25) is 4.79 Å². The van der Waals surface area contributed by atoms with E-state index in [1.165, 1.54) is 0 Å². The summed E-state index contributed by atoms with van der Waals surface area (Å²) < 4.78 is 17.0. The van der Waals surface area contributed by atoms with Crippen molar-refractivity contribution in [1.82, 2.24) is 0 Å². The predicted molar refractivity (Wildman–Crippen MR) is 73.5 cm³/mol. The van der Waals surface area contributed by atoms with Gasteiger partial charge in [-0.05, 0) is 52.9 Å². The van der Waals surface area contributed by atoms with Crippen molar-refractivity contribution < 1.29 is 18.8 Å². The summed E-state index contributed by atoms with van der Waals surface area (Å²) in [6.45, 7) is 10.4. The zero-order valence-corrected chi connectivity index (χ0v) is 12.5. The number of allylic oxidation sites excluding steroid dienone is 1. The second kappa shape index (κ2) is 4.95. The number of esters is 1. The minimum absolute atomic E-state index is 0.144. The highest BCUT2D eigenvalue weighted by Gasteiger charge is 2.52. The third kappa shape index (κ3) is 2.72. The molecule has 4 nitrogen and oxygen atoms in total. The smallest absolute Gasteiger partial charge is 0.466 e. The summed E-state index contributed by atoms with van der Waals surface area (Å²) in [7, 11) is -0.329. The molecular formula is C14H23BO4. The van der Waals surface area contributed by atoms with E-state index in [1.54, 1.807) is 0 Å². The third-order valence-electron chi connectivity index (χ3n) is 4.30. The molecule has 0 spiro atoms. The maximum absolute atomic E-state index is 11.7. The molecule has 0 aromatic carbocycles. The summed E-state index contributed by atoms with van der Waals surface area (Å²) in [5, 5.41) is 0. The molecule has 0 amide bonds. The molecule has 1 atom stereocenters. The minimum Gasteiger partial charge on any atom is -0.466 e. The Morgan fingerprint density at radius 1 is 1.37 bits per heavy atom. The molecule has 0 bridgehead atoms. The van der Waals surface area contributed by atoms with Crippen LogP contribution >= 0.6 is 0 Å². The maximum atomic E-state index is 11.7. The predicted octanol–water partition coefficient (Wildman–Crippen LogP) is 2.52. The number of carbonyl (C=O) groups excluding carboxylic acids is 1. The Morgan fingerprint density at radius 3 is 2.47 bits per heavy atom. The van der Waals surface area contributed by atoms with Crippen LogP contribution in [0.25, 0.3) is 0 Å². The first kappa shape index (κ1) is 14.6. The van der Waals surface area contributed by atoms with Gasteiger partial charge < -0.3 is 14.0 Å². The Hall–Kier alpha value is -0.805. The van der Waals surface area contributed by atoms with Crippen molar-refractivity contribution in [3.05, 3.63) is 11.5 Å². The molecule has 1 heterocycles. The molecule has 1 aliphatic heterocycles. The second-order valence-electron chi connectivity index (χ2n) is 6.23. The average molecular weight is 266 g/mol. The summed E-state index contributed by atoms with van der Waals surface area (Å²) in [5.74, 6) is -0.289. The van der Waals surface area contributed by atoms with Gasteiger partial charge in [0.05, 0.1) is 23.7 Å². The van der Waals surface area contributed by atoms with Gasteiger partial charge >= 0.3 is 13.1 Å². The first-order valence-corrected chi connectivity index (χ1v) is 6.99. The monoisotopic (exact) mass is 266 g/mol. The van der Waals surface area contributed by atoms with Crippen molar-refractivity contribution in [2.24, 2.45) is 5.92 Å². The first-order valence-electron chi connectivity index (χ1n) is 6.99. The average Bonchev–Trinajstić information content (AvgIpc) is 2.83. The standard InChI is InChI=1S/C14H23BO4/c1-6-17-12(16)10-7-8-11(9-10)15-18-13(2,3)14(4,5)19-15/h9-10H,6-8H2,1-5H3. The lowest BCUT2D eigenvalue weighted by Crippen LogP contribution is -2.41. The SMILES string of the molecule is CCOC(=O)C1C=C(B2OC(C)(C)C(C)(C)O2)CC1. The van der Waals surface area contributed by atoms with E-state index in [0.29, 0.717) is 6.61 Å². The second-order valence-corrected chi connectivity index (χ2v) is 6.23. The number of rotatable bonds is 3. The normalized spacial score (nSPS) is 28.4. The highest BCUT2D eigenvalue weighted by Crippen LogP contribution is 2.41. The molecule has 0 aromatic rings. The molecule has 0 N–H and O–H groups in total. The van der Waals surface area contributed by atoms with E-state index >= 15 is 0 Å². The molecule has 0 aromatic heterocycles. The molecule has 106 valence electrons. The van der Waals surface area contributed by atoms with Crippen LogP contribution in [0.1, 0.15) is 47.5 Å². The summed E-state index contributed by atoms with van der Waals surface area (Å²) in [4.78, 5) is 11.7. The summed E-state index contributed by atoms with van der Waals surface area (Å²) >= 11 is 0. The van der Waals surface area contributed by atoms with Crippen LogP contribution in [0, 0.1) is 5.92 Å². The van der Waals surface area contributed by atoms with Crippen LogP contribution in [0.3, 0.4) is 0 Å². The van der Waals surface area contributed by atoms with E-state index in [4.69, 9.17) is 14.0 Å². The van der Waals surface area contributed by atoms with Crippen LogP contribution in [0.5, 0.6) is 0 Å². The first-order chi connectivity index (χ1) is 8.77. The molecule has 1 saturated heterocycles. The van der Waals surface area contributed by atoms with E-state index in [-0.39, 0.29) is 30.2 Å². The van der Waals surface area contributed by atoms with Gasteiger partial charge in [-0.25, -0.2) is 0 Å². The topological polar surface area (TPSA) is 44.8 Å². The molecule has 0 radical (unpaired) electrons. The molecule has 1 unspecified atom stereocenters. The lowest BCUT2D eigenvalue weighted by atomic mass is 9.78. The summed E-state index contributed by atoms with van der Waals surface area (Å²) in [6, 6.07) is 0. The number of hydrogen-bond acceptors (Lipinski definition) is 4. The van der Waals surface area contributed by atoms with Gasteiger partial charge in [0.1, 0.15) is 0 Å².